The molecule has 2 aromatic carbocycles. The van der Waals surface area contributed by atoms with Gasteiger partial charge in [-0.05, 0) is 42.0 Å². The average Bonchev–Trinajstić information content (AvgIpc) is 2.57. The van der Waals surface area contributed by atoms with E-state index in [0.29, 0.717) is 12.2 Å². The van der Waals surface area contributed by atoms with Crippen LogP contribution in [0, 0.1) is 5.82 Å². The van der Waals surface area contributed by atoms with Crippen LogP contribution in [-0.2, 0) is 16.1 Å². The zero-order valence-corrected chi connectivity index (χ0v) is 13.6. The SMILES string of the molecule is COc1ccc(CN(CC(=O)Nc2ccc(F)cc2)C(C)=O)cc1. The third-order valence-corrected chi connectivity index (χ3v) is 3.44. The molecular weight excluding hydrogens is 311 g/mol. The summed E-state index contributed by atoms with van der Waals surface area (Å²) in [6.07, 6.45) is 0. The normalized spacial score (nSPS) is 10.1. The molecule has 0 aromatic heterocycles. The molecule has 1 N–H and O–H groups in total. The highest BCUT2D eigenvalue weighted by Crippen LogP contribution is 2.13. The summed E-state index contributed by atoms with van der Waals surface area (Å²) in [6.45, 7) is 1.64. The molecule has 0 fully saturated rings. The monoisotopic (exact) mass is 330 g/mol. The van der Waals surface area contributed by atoms with Crippen molar-refractivity contribution in [1.82, 2.24) is 4.90 Å². The van der Waals surface area contributed by atoms with Gasteiger partial charge in [0.15, 0.2) is 0 Å². The molecule has 0 spiro atoms. The number of hydrogen-bond donors (Lipinski definition) is 1. The Morgan fingerprint density at radius 2 is 1.71 bits per heavy atom. The summed E-state index contributed by atoms with van der Waals surface area (Å²) in [5, 5.41) is 2.64. The van der Waals surface area contributed by atoms with Crippen LogP contribution in [0.1, 0.15) is 12.5 Å². The Bertz CT molecular complexity index is 699. The Kier molecular flexibility index (Phi) is 5.89. The number of ether oxygens (including phenoxy) is 1. The molecule has 2 aromatic rings. The molecule has 0 bridgehead atoms. The maximum absolute atomic E-state index is 12.9. The number of hydrogen-bond acceptors (Lipinski definition) is 3. The van der Waals surface area contributed by atoms with E-state index >= 15 is 0 Å². The molecule has 0 aliphatic carbocycles. The van der Waals surface area contributed by atoms with E-state index in [1.54, 1.807) is 19.2 Å². The summed E-state index contributed by atoms with van der Waals surface area (Å²) in [6, 6.07) is 12.7. The van der Waals surface area contributed by atoms with Crippen LogP contribution in [0.4, 0.5) is 10.1 Å². The number of carbonyl (C=O) groups excluding carboxylic acids is 2. The zero-order chi connectivity index (χ0) is 17.5. The van der Waals surface area contributed by atoms with E-state index in [4.69, 9.17) is 4.74 Å². The molecular formula is C18H19FN2O3. The first-order valence-electron chi connectivity index (χ1n) is 7.42. The van der Waals surface area contributed by atoms with Gasteiger partial charge in [-0.3, -0.25) is 9.59 Å². The second-order valence-corrected chi connectivity index (χ2v) is 5.28. The minimum absolute atomic E-state index is 0.0846. The van der Waals surface area contributed by atoms with E-state index in [-0.39, 0.29) is 24.2 Å². The largest absolute Gasteiger partial charge is 0.497 e. The van der Waals surface area contributed by atoms with Gasteiger partial charge in [-0.25, -0.2) is 4.39 Å². The van der Waals surface area contributed by atoms with Gasteiger partial charge < -0.3 is 15.0 Å². The van der Waals surface area contributed by atoms with Crippen LogP contribution < -0.4 is 10.1 Å². The molecule has 0 saturated carbocycles. The molecule has 6 heteroatoms. The number of nitrogens with zero attached hydrogens (tertiary/aromatic N) is 1. The molecule has 24 heavy (non-hydrogen) atoms. The lowest BCUT2D eigenvalue weighted by Gasteiger charge is -2.20. The predicted molar refractivity (Wildman–Crippen MR) is 89.1 cm³/mol. The van der Waals surface area contributed by atoms with E-state index < -0.39 is 0 Å². The topological polar surface area (TPSA) is 58.6 Å². The molecule has 0 aliphatic rings. The number of rotatable bonds is 6. The second kappa shape index (κ2) is 8.10. The highest BCUT2D eigenvalue weighted by molar-refractivity contribution is 5.94. The third kappa shape index (κ3) is 5.08. The maximum Gasteiger partial charge on any atom is 0.244 e. The number of amides is 2. The van der Waals surface area contributed by atoms with Crippen molar-refractivity contribution in [3.05, 3.63) is 59.9 Å². The van der Waals surface area contributed by atoms with E-state index in [0.717, 1.165) is 11.3 Å². The average molecular weight is 330 g/mol. The number of halogens is 1. The fourth-order valence-corrected chi connectivity index (χ4v) is 2.14. The molecule has 2 rings (SSSR count). The van der Waals surface area contributed by atoms with Crippen molar-refractivity contribution >= 4 is 17.5 Å². The predicted octanol–water partition coefficient (Wildman–Crippen LogP) is 2.82. The number of carbonyl (C=O) groups is 2. The number of methoxy groups -OCH3 is 1. The van der Waals surface area contributed by atoms with E-state index in [2.05, 4.69) is 5.32 Å². The van der Waals surface area contributed by atoms with E-state index in [1.807, 2.05) is 12.1 Å². The van der Waals surface area contributed by atoms with Crippen molar-refractivity contribution in [3.8, 4) is 5.75 Å². The summed E-state index contributed by atoms with van der Waals surface area (Å²) in [5.74, 6) is -0.203. The molecule has 5 nitrogen and oxygen atoms in total. The van der Waals surface area contributed by atoms with Crippen LogP contribution in [-0.4, -0.2) is 30.4 Å². The molecule has 0 unspecified atom stereocenters. The molecule has 2 amide bonds. The number of benzene rings is 2. The quantitative estimate of drug-likeness (QED) is 0.886. The second-order valence-electron chi connectivity index (χ2n) is 5.28. The van der Waals surface area contributed by atoms with Crippen LogP contribution in [0.5, 0.6) is 5.75 Å². The van der Waals surface area contributed by atoms with Gasteiger partial charge in [0.05, 0.1) is 7.11 Å². The smallest absolute Gasteiger partial charge is 0.244 e. The third-order valence-electron chi connectivity index (χ3n) is 3.44. The van der Waals surface area contributed by atoms with Crippen molar-refractivity contribution < 1.29 is 18.7 Å². The van der Waals surface area contributed by atoms with Crippen molar-refractivity contribution in [2.45, 2.75) is 13.5 Å². The van der Waals surface area contributed by atoms with Gasteiger partial charge in [-0.1, -0.05) is 12.1 Å². The fraction of sp³-hybridized carbons (Fsp3) is 0.222. The van der Waals surface area contributed by atoms with E-state index in [9.17, 15) is 14.0 Å². The first-order valence-corrected chi connectivity index (χ1v) is 7.42. The van der Waals surface area contributed by atoms with Gasteiger partial charge in [0.2, 0.25) is 11.8 Å². The van der Waals surface area contributed by atoms with Crippen LogP contribution in [0.15, 0.2) is 48.5 Å². The van der Waals surface area contributed by atoms with Gasteiger partial charge in [-0.15, -0.1) is 0 Å². The first-order chi connectivity index (χ1) is 11.5. The molecule has 0 saturated heterocycles. The maximum atomic E-state index is 12.9. The Balaban J connectivity index is 1.97. The molecule has 126 valence electrons. The lowest BCUT2D eigenvalue weighted by molar-refractivity contribution is -0.133. The highest BCUT2D eigenvalue weighted by atomic mass is 19.1. The number of nitrogens with one attached hydrogen (secondary N) is 1. The van der Waals surface area contributed by atoms with Gasteiger partial charge in [0, 0.05) is 19.2 Å². The van der Waals surface area contributed by atoms with Crippen LogP contribution in [0.2, 0.25) is 0 Å². The molecule has 0 aliphatic heterocycles. The van der Waals surface area contributed by atoms with Gasteiger partial charge >= 0.3 is 0 Å². The fourth-order valence-electron chi connectivity index (χ4n) is 2.14. The molecule has 0 atom stereocenters. The van der Waals surface area contributed by atoms with Gasteiger partial charge in [0.1, 0.15) is 18.1 Å². The van der Waals surface area contributed by atoms with Crippen LogP contribution in [0.25, 0.3) is 0 Å². The highest BCUT2D eigenvalue weighted by Gasteiger charge is 2.14. The Morgan fingerprint density at radius 1 is 1.08 bits per heavy atom. The summed E-state index contributed by atoms with van der Waals surface area (Å²) < 4.78 is 18.0. The van der Waals surface area contributed by atoms with Crippen molar-refractivity contribution in [1.29, 1.82) is 0 Å². The van der Waals surface area contributed by atoms with Gasteiger partial charge in [-0.2, -0.15) is 0 Å². The Morgan fingerprint density at radius 3 is 2.25 bits per heavy atom. The minimum atomic E-state index is -0.377. The first kappa shape index (κ1) is 17.5. The van der Waals surface area contributed by atoms with Crippen LogP contribution >= 0.6 is 0 Å². The summed E-state index contributed by atoms with van der Waals surface area (Å²) in [5.41, 5.74) is 1.37. The van der Waals surface area contributed by atoms with Gasteiger partial charge in [0.25, 0.3) is 0 Å². The van der Waals surface area contributed by atoms with Crippen molar-refractivity contribution in [2.75, 3.05) is 19.0 Å². The van der Waals surface area contributed by atoms with Crippen LogP contribution in [0.3, 0.4) is 0 Å². The van der Waals surface area contributed by atoms with Crippen molar-refractivity contribution in [2.24, 2.45) is 0 Å². The summed E-state index contributed by atoms with van der Waals surface area (Å²) in [4.78, 5) is 25.3. The summed E-state index contributed by atoms with van der Waals surface area (Å²) in [7, 11) is 1.58. The Hall–Kier alpha value is -2.89. The standard InChI is InChI=1S/C18H19FN2O3/c1-13(22)21(11-14-3-9-17(24-2)10-4-14)12-18(23)20-16-7-5-15(19)6-8-16/h3-10H,11-12H2,1-2H3,(H,20,23). The Labute approximate surface area is 140 Å². The summed E-state index contributed by atoms with van der Waals surface area (Å²) >= 11 is 0. The number of anilines is 1. The molecule has 0 heterocycles. The zero-order valence-electron chi connectivity index (χ0n) is 13.6. The minimum Gasteiger partial charge on any atom is -0.497 e. The lowest BCUT2D eigenvalue weighted by atomic mass is 10.2. The van der Waals surface area contributed by atoms with E-state index in [1.165, 1.54) is 36.1 Å². The van der Waals surface area contributed by atoms with Crippen molar-refractivity contribution in [3.63, 3.8) is 0 Å². The molecule has 0 radical (unpaired) electrons. The lowest BCUT2D eigenvalue weighted by Crippen LogP contribution is -2.36.